The predicted octanol–water partition coefficient (Wildman–Crippen LogP) is 4.59. The van der Waals surface area contributed by atoms with Crippen molar-refractivity contribution in [3.05, 3.63) is 94.5 Å². The summed E-state index contributed by atoms with van der Waals surface area (Å²) in [7, 11) is -3.86. The molecule has 5 nitrogen and oxygen atoms in total. The molecule has 0 atom stereocenters. The Labute approximate surface area is 179 Å². The number of benzene rings is 3. The maximum Gasteiger partial charge on any atom is 0.243 e. The topological polar surface area (TPSA) is 66.5 Å². The fraction of sp³-hybridized carbons (Fsp3) is 0.136. The number of nitrogens with one attached hydrogen (secondary N) is 1. The van der Waals surface area contributed by atoms with Gasteiger partial charge in [-0.3, -0.25) is 4.79 Å². The molecule has 0 spiro atoms. The van der Waals surface area contributed by atoms with E-state index in [0.29, 0.717) is 5.69 Å². The second-order valence-electron chi connectivity index (χ2n) is 6.58. The molecule has 3 aromatic rings. The van der Waals surface area contributed by atoms with E-state index in [1.54, 1.807) is 18.2 Å². The molecule has 0 aromatic heterocycles. The first-order chi connectivity index (χ1) is 13.9. The summed E-state index contributed by atoms with van der Waals surface area (Å²) in [6.07, 6.45) is 0. The summed E-state index contributed by atoms with van der Waals surface area (Å²) in [4.78, 5) is 12.8. The van der Waals surface area contributed by atoms with Gasteiger partial charge in [0, 0.05) is 16.7 Å². The van der Waals surface area contributed by atoms with E-state index in [0.717, 1.165) is 15.6 Å². The highest BCUT2D eigenvalue weighted by molar-refractivity contribution is 9.10. The van der Waals surface area contributed by atoms with E-state index in [1.807, 2.05) is 55.5 Å². The van der Waals surface area contributed by atoms with Crippen molar-refractivity contribution in [2.24, 2.45) is 0 Å². The third-order valence-electron chi connectivity index (χ3n) is 4.39. The van der Waals surface area contributed by atoms with Crippen molar-refractivity contribution in [1.82, 2.24) is 4.31 Å². The van der Waals surface area contributed by atoms with Gasteiger partial charge < -0.3 is 5.32 Å². The van der Waals surface area contributed by atoms with Gasteiger partial charge in [0.25, 0.3) is 0 Å². The quantitative estimate of drug-likeness (QED) is 0.546. The molecule has 1 N–H and O–H groups in total. The molecule has 7 heteroatoms. The van der Waals surface area contributed by atoms with Crippen LogP contribution >= 0.6 is 15.9 Å². The van der Waals surface area contributed by atoms with Gasteiger partial charge in [-0.2, -0.15) is 4.31 Å². The van der Waals surface area contributed by atoms with Crippen molar-refractivity contribution in [1.29, 1.82) is 0 Å². The number of aryl methyl sites for hydroxylation is 1. The first-order valence-corrected chi connectivity index (χ1v) is 11.2. The minimum absolute atomic E-state index is 0.0976. The van der Waals surface area contributed by atoms with Gasteiger partial charge in [0.2, 0.25) is 15.9 Å². The standard InChI is InChI=1S/C22H21BrN2O3S/c1-17-7-5-6-10-21(17)24-22(26)16-25(15-18-8-3-2-4-9-18)29(27,28)20-13-11-19(23)12-14-20/h2-14H,15-16H2,1H3,(H,24,26). The van der Waals surface area contributed by atoms with E-state index >= 15 is 0 Å². The lowest BCUT2D eigenvalue weighted by Gasteiger charge is -2.22. The van der Waals surface area contributed by atoms with Gasteiger partial charge in [0.05, 0.1) is 11.4 Å². The maximum absolute atomic E-state index is 13.2. The lowest BCUT2D eigenvalue weighted by Crippen LogP contribution is -2.37. The van der Waals surface area contributed by atoms with E-state index in [1.165, 1.54) is 16.4 Å². The second-order valence-corrected chi connectivity index (χ2v) is 9.43. The minimum atomic E-state index is -3.86. The van der Waals surface area contributed by atoms with E-state index in [2.05, 4.69) is 21.2 Å². The zero-order valence-corrected chi connectivity index (χ0v) is 18.3. The average Bonchev–Trinajstić information content (AvgIpc) is 2.70. The molecule has 0 unspecified atom stereocenters. The summed E-state index contributed by atoms with van der Waals surface area (Å²) in [5.74, 6) is -0.393. The van der Waals surface area contributed by atoms with Crippen LogP contribution in [-0.2, 0) is 21.4 Å². The highest BCUT2D eigenvalue weighted by atomic mass is 79.9. The largest absolute Gasteiger partial charge is 0.325 e. The van der Waals surface area contributed by atoms with Gasteiger partial charge in [-0.1, -0.05) is 64.5 Å². The SMILES string of the molecule is Cc1ccccc1NC(=O)CN(Cc1ccccc1)S(=O)(=O)c1ccc(Br)cc1. The molecule has 3 aromatic carbocycles. The summed E-state index contributed by atoms with van der Waals surface area (Å²) >= 11 is 3.31. The summed E-state index contributed by atoms with van der Waals surface area (Å²) in [6, 6.07) is 23.0. The lowest BCUT2D eigenvalue weighted by atomic mass is 10.2. The molecule has 0 aliphatic rings. The molecule has 0 aliphatic carbocycles. The number of halogens is 1. The van der Waals surface area contributed by atoms with Gasteiger partial charge in [-0.15, -0.1) is 0 Å². The van der Waals surface area contributed by atoms with Crippen LogP contribution in [0.2, 0.25) is 0 Å². The van der Waals surface area contributed by atoms with Crippen LogP contribution in [0.3, 0.4) is 0 Å². The monoisotopic (exact) mass is 472 g/mol. The van der Waals surface area contributed by atoms with Crippen LogP contribution in [0.15, 0.2) is 88.2 Å². The summed E-state index contributed by atoms with van der Waals surface area (Å²) < 4.78 is 28.4. The predicted molar refractivity (Wildman–Crippen MR) is 118 cm³/mol. The van der Waals surface area contributed by atoms with Crippen LogP contribution < -0.4 is 5.32 Å². The Bertz CT molecular complexity index is 1080. The summed E-state index contributed by atoms with van der Waals surface area (Å²) in [5, 5.41) is 2.81. The molecular formula is C22H21BrN2O3S. The third-order valence-corrected chi connectivity index (χ3v) is 6.73. The Morgan fingerprint density at radius 3 is 2.21 bits per heavy atom. The van der Waals surface area contributed by atoms with Crippen LogP contribution in [0.5, 0.6) is 0 Å². The van der Waals surface area contributed by atoms with Gasteiger partial charge in [-0.05, 0) is 48.4 Å². The number of rotatable bonds is 7. The van der Waals surface area contributed by atoms with Crippen LogP contribution in [-0.4, -0.2) is 25.2 Å². The van der Waals surface area contributed by atoms with Crippen molar-refractivity contribution in [2.45, 2.75) is 18.4 Å². The van der Waals surface area contributed by atoms with Crippen molar-refractivity contribution < 1.29 is 13.2 Å². The molecule has 0 radical (unpaired) electrons. The van der Waals surface area contributed by atoms with Gasteiger partial charge in [-0.25, -0.2) is 8.42 Å². The summed E-state index contributed by atoms with van der Waals surface area (Å²) in [6.45, 7) is 1.69. The number of sulfonamides is 1. The minimum Gasteiger partial charge on any atom is -0.325 e. The average molecular weight is 473 g/mol. The zero-order valence-electron chi connectivity index (χ0n) is 15.9. The molecule has 0 bridgehead atoms. The molecule has 0 saturated heterocycles. The third kappa shape index (κ3) is 5.53. The molecule has 0 fully saturated rings. The molecule has 0 saturated carbocycles. The Hall–Kier alpha value is -2.48. The first-order valence-electron chi connectivity index (χ1n) is 9.01. The fourth-order valence-electron chi connectivity index (χ4n) is 2.83. The second kappa shape index (κ2) is 9.35. The molecule has 0 aliphatic heterocycles. The number of carbonyl (C=O) groups is 1. The Morgan fingerprint density at radius 2 is 1.55 bits per heavy atom. The number of para-hydroxylation sites is 1. The van der Waals surface area contributed by atoms with Crippen molar-refractivity contribution in [3.8, 4) is 0 Å². The highest BCUT2D eigenvalue weighted by Crippen LogP contribution is 2.21. The number of hydrogen-bond donors (Lipinski definition) is 1. The van der Waals surface area contributed by atoms with E-state index in [4.69, 9.17) is 0 Å². The van der Waals surface area contributed by atoms with Crippen LogP contribution in [0.4, 0.5) is 5.69 Å². The first kappa shape index (κ1) is 21.2. The Morgan fingerprint density at radius 1 is 0.931 bits per heavy atom. The van der Waals surface area contributed by atoms with Gasteiger partial charge >= 0.3 is 0 Å². The van der Waals surface area contributed by atoms with Crippen LogP contribution in [0, 0.1) is 6.92 Å². The number of anilines is 1. The van der Waals surface area contributed by atoms with Crippen molar-refractivity contribution in [2.75, 3.05) is 11.9 Å². The zero-order chi connectivity index (χ0) is 20.9. The lowest BCUT2D eigenvalue weighted by molar-refractivity contribution is -0.116. The number of carbonyl (C=O) groups excluding carboxylic acids is 1. The van der Waals surface area contributed by atoms with Crippen LogP contribution in [0.1, 0.15) is 11.1 Å². The molecule has 29 heavy (non-hydrogen) atoms. The number of nitrogens with zero attached hydrogens (tertiary/aromatic N) is 1. The maximum atomic E-state index is 13.2. The Balaban J connectivity index is 1.87. The fourth-order valence-corrected chi connectivity index (χ4v) is 4.48. The molecule has 3 rings (SSSR count). The summed E-state index contributed by atoms with van der Waals surface area (Å²) in [5.41, 5.74) is 2.38. The van der Waals surface area contributed by atoms with Crippen molar-refractivity contribution in [3.63, 3.8) is 0 Å². The van der Waals surface area contributed by atoms with E-state index in [9.17, 15) is 13.2 Å². The molecular weight excluding hydrogens is 452 g/mol. The normalized spacial score (nSPS) is 11.4. The van der Waals surface area contributed by atoms with E-state index in [-0.39, 0.29) is 18.0 Å². The molecule has 0 heterocycles. The molecule has 150 valence electrons. The van der Waals surface area contributed by atoms with Crippen molar-refractivity contribution >= 4 is 37.5 Å². The van der Waals surface area contributed by atoms with Gasteiger partial charge in [0.1, 0.15) is 0 Å². The Kier molecular flexibility index (Phi) is 6.84. The number of amides is 1. The smallest absolute Gasteiger partial charge is 0.243 e. The van der Waals surface area contributed by atoms with E-state index < -0.39 is 15.9 Å². The number of hydrogen-bond acceptors (Lipinski definition) is 3. The highest BCUT2D eigenvalue weighted by Gasteiger charge is 2.27. The molecule has 1 amide bonds. The van der Waals surface area contributed by atoms with Gasteiger partial charge in [0.15, 0.2) is 0 Å². The van der Waals surface area contributed by atoms with Crippen LogP contribution in [0.25, 0.3) is 0 Å².